The Hall–Kier alpha value is -2.16. The summed E-state index contributed by atoms with van der Waals surface area (Å²) in [5.74, 6) is -0.944. The van der Waals surface area contributed by atoms with Gasteiger partial charge in [-0.1, -0.05) is 5.21 Å². The summed E-state index contributed by atoms with van der Waals surface area (Å²) < 4.78 is 6.82. The second-order valence-electron chi connectivity index (χ2n) is 4.42. The van der Waals surface area contributed by atoms with E-state index in [0.29, 0.717) is 26.2 Å². The number of carboxylic acid groups (broad SMARTS) is 1. The minimum Gasteiger partial charge on any atom is -0.481 e. The van der Waals surface area contributed by atoms with Crippen molar-refractivity contribution in [1.29, 1.82) is 0 Å². The van der Waals surface area contributed by atoms with Gasteiger partial charge < -0.3 is 20.1 Å². The molecule has 2 rings (SSSR count). The van der Waals surface area contributed by atoms with Gasteiger partial charge in [0.15, 0.2) is 0 Å². The third kappa shape index (κ3) is 3.92. The molecule has 1 fully saturated rings. The molecule has 1 atom stereocenters. The van der Waals surface area contributed by atoms with Gasteiger partial charge in [0.1, 0.15) is 0 Å². The van der Waals surface area contributed by atoms with Crippen molar-refractivity contribution < 1.29 is 19.4 Å². The van der Waals surface area contributed by atoms with E-state index in [1.54, 1.807) is 17.1 Å². The van der Waals surface area contributed by atoms with Crippen molar-refractivity contribution in [3.8, 4) is 0 Å². The van der Waals surface area contributed by atoms with Crippen LogP contribution >= 0.6 is 0 Å². The molecule has 0 bridgehead atoms. The van der Waals surface area contributed by atoms with Crippen LogP contribution in [0.2, 0.25) is 0 Å². The van der Waals surface area contributed by atoms with Crippen LogP contribution in [0.5, 0.6) is 0 Å². The summed E-state index contributed by atoms with van der Waals surface area (Å²) in [6.45, 7) is 1.99. The topological polar surface area (TPSA) is 110 Å². The summed E-state index contributed by atoms with van der Waals surface area (Å²) in [6, 6.07) is -0.702. The molecule has 110 valence electrons. The van der Waals surface area contributed by atoms with E-state index in [-0.39, 0.29) is 19.1 Å². The molecule has 1 saturated heterocycles. The van der Waals surface area contributed by atoms with Gasteiger partial charge in [-0.15, -0.1) is 5.10 Å². The first kappa shape index (κ1) is 14.3. The molecule has 1 aromatic heterocycles. The average molecular weight is 283 g/mol. The van der Waals surface area contributed by atoms with E-state index in [2.05, 4.69) is 15.6 Å². The highest BCUT2D eigenvalue weighted by Gasteiger charge is 2.28. The summed E-state index contributed by atoms with van der Waals surface area (Å²) in [7, 11) is 0. The monoisotopic (exact) mass is 283 g/mol. The third-order valence-corrected chi connectivity index (χ3v) is 2.99. The molecule has 9 heteroatoms. The maximum Gasteiger partial charge on any atom is 0.317 e. The fourth-order valence-corrected chi connectivity index (χ4v) is 2.02. The molecule has 0 saturated carbocycles. The highest BCUT2D eigenvalue weighted by atomic mass is 16.5. The molecule has 1 aromatic rings. The number of hydrogen-bond donors (Lipinski definition) is 2. The molecule has 1 aliphatic heterocycles. The normalized spacial score (nSPS) is 18.8. The van der Waals surface area contributed by atoms with Gasteiger partial charge in [0.25, 0.3) is 0 Å². The fourth-order valence-electron chi connectivity index (χ4n) is 2.02. The Kier molecular flexibility index (Phi) is 4.88. The zero-order valence-corrected chi connectivity index (χ0v) is 10.9. The van der Waals surface area contributed by atoms with E-state index in [0.717, 1.165) is 0 Å². The van der Waals surface area contributed by atoms with Crippen molar-refractivity contribution >= 4 is 12.0 Å². The Balaban J connectivity index is 1.81. The lowest BCUT2D eigenvalue weighted by molar-refractivity contribution is -0.139. The number of carboxylic acids is 1. The number of aliphatic carboxylic acids is 1. The van der Waals surface area contributed by atoms with Crippen molar-refractivity contribution in [2.45, 2.75) is 19.0 Å². The van der Waals surface area contributed by atoms with Crippen LogP contribution in [0.3, 0.4) is 0 Å². The van der Waals surface area contributed by atoms with Crippen LogP contribution in [-0.2, 0) is 16.1 Å². The van der Waals surface area contributed by atoms with Crippen molar-refractivity contribution in [3.05, 3.63) is 12.4 Å². The van der Waals surface area contributed by atoms with Gasteiger partial charge in [-0.25, -0.2) is 4.79 Å². The number of urea groups is 1. The highest BCUT2D eigenvalue weighted by molar-refractivity contribution is 5.76. The molecule has 0 spiro atoms. The van der Waals surface area contributed by atoms with Crippen LogP contribution in [0.25, 0.3) is 0 Å². The molecule has 2 amide bonds. The fraction of sp³-hybridized carbons (Fsp3) is 0.636. The molecule has 2 N–H and O–H groups in total. The molecule has 0 aliphatic carbocycles. The predicted molar refractivity (Wildman–Crippen MR) is 67.0 cm³/mol. The minimum absolute atomic E-state index is 0.115. The number of carbonyl (C=O) groups is 2. The predicted octanol–water partition coefficient (Wildman–Crippen LogP) is -0.837. The lowest BCUT2D eigenvalue weighted by Crippen LogP contribution is -2.53. The SMILES string of the molecule is O=C(O)CC1COCCN1C(=O)NCCn1ccnn1. The first-order valence-corrected chi connectivity index (χ1v) is 6.35. The van der Waals surface area contributed by atoms with Crippen molar-refractivity contribution in [2.75, 3.05) is 26.3 Å². The van der Waals surface area contributed by atoms with Gasteiger partial charge in [0.2, 0.25) is 0 Å². The van der Waals surface area contributed by atoms with Crippen LogP contribution in [0.1, 0.15) is 6.42 Å². The molecule has 1 aliphatic rings. The second kappa shape index (κ2) is 6.85. The standard InChI is InChI=1S/C11H17N5O4/c17-10(18)7-9-8-20-6-5-16(9)11(19)12-1-3-15-4-2-13-14-15/h2,4,9H,1,3,5-8H2,(H,12,19)(H,17,18). The Morgan fingerprint density at radius 3 is 3.05 bits per heavy atom. The molecule has 9 nitrogen and oxygen atoms in total. The number of carbonyl (C=O) groups excluding carboxylic acids is 1. The number of nitrogens with zero attached hydrogens (tertiary/aromatic N) is 4. The molecule has 0 aromatic carbocycles. The van der Waals surface area contributed by atoms with E-state index >= 15 is 0 Å². The van der Waals surface area contributed by atoms with Crippen LogP contribution in [-0.4, -0.2) is 69.3 Å². The molecule has 0 radical (unpaired) electrons. The second-order valence-corrected chi connectivity index (χ2v) is 4.42. The van der Waals surface area contributed by atoms with Crippen molar-refractivity contribution in [1.82, 2.24) is 25.2 Å². The average Bonchev–Trinajstić information content (AvgIpc) is 2.91. The Labute approximate surface area is 115 Å². The molecule has 20 heavy (non-hydrogen) atoms. The van der Waals surface area contributed by atoms with E-state index in [4.69, 9.17) is 9.84 Å². The van der Waals surface area contributed by atoms with E-state index in [1.807, 2.05) is 0 Å². The Morgan fingerprint density at radius 1 is 1.50 bits per heavy atom. The number of morpholine rings is 1. The molecule has 2 heterocycles. The van der Waals surface area contributed by atoms with Crippen molar-refractivity contribution in [2.24, 2.45) is 0 Å². The first-order chi connectivity index (χ1) is 9.66. The number of aromatic nitrogens is 3. The van der Waals surface area contributed by atoms with E-state index < -0.39 is 12.0 Å². The van der Waals surface area contributed by atoms with Gasteiger partial charge in [0, 0.05) is 19.3 Å². The summed E-state index contributed by atoms with van der Waals surface area (Å²) in [6.07, 6.45) is 3.15. The first-order valence-electron chi connectivity index (χ1n) is 6.35. The number of rotatable bonds is 5. The highest BCUT2D eigenvalue weighted by Crippen LogP contribution is 2.10. The Bertz CT molecular complexity index is 450. The van der Waals surface area contributed by atoms with Gasteiger partial charge in [0.05, 0.1) is 38.4 Å². The third-order valence-electron chi connectivity index (χ3n) is 2.99. The zero-order chi connectivity index (χ0) is 14.4. The molecular formula is C11H17N5O4. The van der Waals surface area contributed by atoms with Gasteiger partial charge in [-0.05, 0) is 0 Å². The molecule has 1 unspecified atom stereocenters. The smallest absolute Gasteiger partial charge is 0.317 e. The lowest BCUT2D eigenvalue weighted by Gasteiger charge is -2.34. The number of ether oxygens (including phenoxy) is 1. The van der Waals surface area contributed by atoms with Crippen LogP contribution < -0.4 is 5.32 Å². The van der Waals surface area contributed by atoms with Gasteiger partial charge in [-0.3, -0.25) is 9.48 Å². The Morgan fingerprint density at radius 2 is 2.35 bits per heavy atom. The largest absolute Gasteiger partial charge is 0.481 e. The van der Waals surface area contributed by atoms with Gasteiger partial charge >= 0.3 is 12.0 Å². The van der Waals surface area contributed by atoms with Crippen molar-refractivity contribution in [3.63, 3.8) is 0 Å². The van der Waals surface area contributed by atoms with E-state index in [9.17, 15) is 9.59 Å². The maximum atomic E-state index is 12.0. The summed E-state index contributed by atoms with van der Waals surface area (Å²) >= 11 is 0. The lowest BCUT2D eigenvalue weighted by atomic mass is 10.1. The number of hydrogen-bond acceptors (Lipinski definition) is 5. The summed E-state index contributed by atoms with van der Waals surface area (Å²) in [5.41, 5.74) is 0. The maximum absolute atomic E-state index is 12.0. The number of amides is 2. The van der Waals surface area contributed by atoms with Crippen LogP contribution in [0, 0.1) is 0 Å². The van der Waals surface area contributed by atoms with Crippen LogP contribution in [0.4, 0.5) is 4.79 Å². The van der Waals surface area contributed by atoms with Gasteiger partial charge in [-0.2, -0.15) is 0 Å². The summed E-state index contributed by atoms with van der Waals surface area (Å²) in [4.78, 5) is 24.3. The zero-order valence-electron chi connectivity index (χ0n) is 10.9. The molecular weight excluding hydrogens is 266 g/mol. The quantitative estimate of drug-likeness (QED) is 0.729. The minimum atomic E-state index is -0.944. The number of nitrogens with one attached hydrogen (secondary N) is 1. The summed E-state index contributed by atoms with van der Waals surface area (Å²) in [5, 5.41) is 19.0. The van der Waals surface area contributed by atoms with Crippen LogP contribution in [0.15, 0.2) is 12.4 Å². The van der Waals surface area contributed by atoms with E-state index in [1.165, 1.54) is 4.90 Å².